The first-order valence-electron chi connectivity index (χ1n) is 10.8. The van der Waals surface area contributed by atoms with Crippen LogP contribution in [0.4, 0.5) is 5.69 Å². The van der Waals surface area contributed by atoms with Gasteiger partial charge in [0, 0.05) is 19.7 Å². The largest absolute Gasteiger partial charge is 0.493 e. The van der Waals surface area contributed by atoms with Gasteiger partial charge in [-0.15, -0.1) is 0 Å². The van der Waals surface area contributed by atoms with Crippen LogP contribution in [0.3, 0.4) is 0 Å². The van der Waals surface area contributed by atoms with Crippen LogP contribution in [0, 0.1) is 6.92 Å². The fourth-order valence-electron chi connectivity index (χ4n) is 3.69. The first-order valence-corrected chi connectivity index (χ1v) is 12.7. The number of methoxy groups -OCH3 is 2. The molecule has 0 unspecified atom stereocenters. The van der Waals surface area contributed by atoms with Crippen LogP contribution >= 0.6 is 0 Å². The second-order valence-electron chi connectivity index (χ2n) is 7.86. The molecule has 1 N–H and O–H groups in total. The minimum Gasteiger partial charge on any atom is -0.493 e. The molecule has 0 aromatic heterocycles. The summed E-state index contributed by atoms with van der Waals surface area (Å²) in [5.74, 6) is -0.0648. The Hall–Kier alpha value is -3.27. The number of likely N-dealkylation sites (N-methyl/N-ethyl adjacent to an activating group) is 1. The van der Waals surface area contributed by atoms with E-state index < -0.39 is 28.5 Å². The molecule has 0 radical (unpaired) electrons. The van der Waals surface area contributed by atoms with Gasteiger partial charge in [-0.05, 0) is 31.0 Å². The molecule has 1 atom stereocenters. The van der Waals surface area contributed by atoms with Gasteiger partial charge in [0.1, 0.15) is 12.6 Å². The molecular formula is C24H33N3O6S. The van der Waals surface area contributed by atoms with Crippen molar-refractivity contribution in [2.24, 2.45) is 0 Å². The van der Waals surface area contributed by atoms with Crippen molar-refractivity contribution in [1.29, 1.82) is 0 Å². The zero-order chi connectivity index (χ0) is 25.5. The maximum atomic E-state index is 13.5. The summed E-state index contributed by atoms with van der Waals surface area (Å²) in [5, 5.41) is 2.60. The summed E-state index contributed by atoms with van der Waals surface area (Å²) in [6, 6.07) is 11.5. The Bertz CT molecular complexity index is 1120. The summed E-state index contributed by atoms with van der Waals surface area (Å²) in [4.78, 5) is 27.6. The maximum absolute atomic E-state index is 13.5. The van der Waals surface area contributed by atoms with Crippen LogP contribution < -0.4 is 19.1 Å². The van der Waals surface area contributed by atoms with Gasteiger partial charge in [0.15, 0.2) is 11.5 Å². The maximum Gasteiger partial charge on any atom is 0.244 e. The summed E-state index contributed by atoms with van der Waals surface area (Å²) in [5.41, 5.74) is 2.10. The van der Waals surface area contributed by atoms with Crippen LogP contribution in [0.2, 0.25) is 0 Å². The Balaban J connectivity index is 2.47. The summed E-state index contributed by atoms with van der Waals surface area (Å²) < 4.78 is 36.9. The predicted molar refractivity (Wildman–Crippen MR) is 132 cm³/mol. The topological polar surface area (TPSA) is 105 Å². The third-order valence-electron chi connectivity index (χ3n) is 5.40. The van der Waals surface area contributed by atoms with Crippen LogP contribution in [-0.2, 0) is 26.2 Å². The standard InChI is InChI=1S/C24H33N3O6S/c1-7-20(24(29)25-3)26(15-18-10-8-9-17(2)13-18)23(28)16-27(34(6,30)31)19-11-12-21(32-4)22(14-19)33-5/h8-14,20H,7,15-16H2,1-6H3,(H,25,29)/t20-/m0/s1. The number of hydrogen-bond donors (Lipinski definition) is 1. The number of carbonyl (C=O) groups is 2. The van der Waals surface area contributed by atoms with E-state index in [1.165, 1.54) is 38.3 Å². The molecule has 2 aromatic rings. The number of aryl methyl sites for hydroxylation is 1. The van der Waals surface area contributed by atoms with Crippen LogP contribution in [0.25, 0.3) is 0 Å². The molecule has 0 aliphatic rings. The summed E-state index contributed by atoms with van der Waals surface area (Å²) >= 11 is 0. The first-order chi connectivity index (χ1) is 16.0. The van der Waals surface area contributed by atoms with Gasteiger partial charge in [-0.1, -0.05) is 36.8 Å². The summed E-state index contributed by atoms with van der Waals surface area (Å²) in [6.45, 7) is 3.43. The van der Waals surface area contributed by atoms with Gasteiger partial charge >= 0.3 is 0 Å². The molecule has 0 spiro atoms. The average Bonchev–Trinajstić information content (AvgIpc) is 2.80. The molecule has 186 valence electrons. The Morgan fingerprint density at radius 2 is 1.74 bits per heavy atom. The van der Waals surface area contributed by atoms with Crippen molar-refractivity contribution in [2.45, 2.75) is 32.9 Å². The Morgan fingerprint density at radius 3 is 2.26 bits per heavy atom. The van der Waals surface area contributed by atoms with Crippen molar-refractivity contribution in [3.05, 3.63) is 53.6 Å². The lowest BCUT2D eigenvalue weighted by Crippen LogP contribution is -2.51. The van der Waals surface area contributed by atoms with Crippen LogP contribution in [-0.4, -0.2) is 65.2 Å². The quantitative estimate of drug-likeness (QED) is 0.517. The van der Waals surface area contributed by atoms with Gasteiger partial charge in [0.05, 0.1) is 26.2 Å². The van der Waals surface area contributed by atoms with E-state index in [-0.39, 0.29) is 18.1 Å². The molecule has 0 saturated carbocycles. The zero-order valence-electron chi connectivity index (χ0n) is 20.5. The van der Waals surface area contributed by atoms with E-state index in [9.17, 15) is 18.0 Å². The fraction of sp³-hybridized carbons (Fsp3) is 0.417. The number of amides is 2. The first kappa shape index (κ1) is 27.0. The molecule has 9 nitrogen and oxygen atoms in total. The molecular weight excluding hydrogens is 458 g/mol. The molecule has 0 aliphatic carbocycles. The van der Waals surface area contributed by atoms with Gasteiger partial charge in [-0.25, -0.2) is 8.42 Å². The second kappa shape index (κ2) is 11.7. The number of hydrogen-bond acceptors (Lipinski definition) is 6. The third-order valence-corrected chi connectivity index (χ3v) is 6.54. The molecule has 34 heavy (non-hydrogen) atoms. The molecule has 2 aromatic carbocycles. The van der Waals surface area contributed by atoms with Crippen molar-refractivity contribution >= 4 is 27.5 Å². The fourth-order valence-corrected chi connectivity index (χ4v) is 4.53. The van der Waals surface area contributed by atoms with Crippen molar-refractivity contribution in [1.82, 2.24) is 10.2 Å². The highest BCUT2D eigenvalue weighted by molar-refractivity contribution is 7.92. The number of nitrogens with one attached hydrogen (secondary N) is 1. The van der Waals surface area contributed by atoms with E-state index in [2.05, 4.69) is 5.32 Å². The van der Waals surface area contributed by atoms with E-state index in [0.717, 1.165) is 21.7 Å². The summed E-state index contributed by atoms with van der Waals surface area (Å²) in [6.07, 6.45) is 1.39. The highest BCUT2D eigenvalue weighted by atomic mass is 32.2. The Kier molecular flexibility index (Phi) is 9.31. The Morgan fingerprint density at radius 1 is 1.06 bits per heavy atom. The molecule has 0 aliphatic heterocycles. The van der Waals surface area contributed by atoms with E-state index in [1.54, 1.807) is 13.0 Å². The molecule has 0 heterocycles. The lowest BCUT2D eigenvalue weighted by atomic mass is 10.1. The number of anilines is 1. The number of carbonyl (C=O) groups excluding carboxylic acids is 2. The number of nitrogens with zero attached hydrogens (tertiary/aromatic N) is 2. The van der Waals surface area contributed by atoms with E-state index in [4.69, 9.17) is 9.47 Å². The van der Waals surface area contributed by atoms with E-state index in [1.807, 2.05) is 31.2 Å². The van der Waals surface area contributed by atoms with Crippen molar-refractivity contribution in [3.8, 4) is 11.5 Å². The smallest absolute Gasteiger partial charge is 0.244 e. The van der Waals surface area contributed by atoms with Crippen LogP contribution in [0.1, 0.15) is 24.5 Å². The highest BCUT2D eigenvalue weighted by Crippen LogP contribution is 2.32. The van der Waals surface area contributed by atoms with E-state index >= 15 is 0 Å². The van der Waals surface area contributed by atoms with E-state index in [0.29, 0.717) is 17.9 Å². The minimum atomic E-state index is -3.84. The lowest BCUT2D eigenvalue weighted by molar-refractivity contribution is -0.140. The van der Waals surface area contributed by atoms with Gasteiger partial charge < -0.3 is 19.7 Å². The third kappa shape index (κ3) is 6.63. The normalized spacial score (nSPS) is 11.9. The number of rotatable bonds is 11. The number of benzene rings is 2. The molecule has 0 saturated heterocycles. The number of sulfonamides is 1. The highest BCUT2D eigenvalue weighted by Gasteiger charge is 2.31. The average molecular weight is 492 g/mol. The molecule has 0 bridgehead atoms. The van der Waals surface area contributed by atoms with Gasteiger partial charge in [0.2, 0.25) is 21.8 Å². The Labute approximate surface area is 201 Å². The molecule has 10 heteroatoms. The van der Waals surface area contributed by atoms with Crippen molar-refractivity contribution < 1.29 is 27.5 Å². The molecule has 2 amide bonds. The van der Waals surface area contributed by atoms with Crippen molar-refractivity contribution in [3.63, 3.8) is 0 Å². The summed E-state index contributed by atoms with van der Waals surface area (Å²) in [7, 11) is 0.582. The predicted octanol–water partition coefficient (Wildman–Crippen LogP) is 2.33. The van der Waals surface area contributed by atoms with Crippen molar-refractivity contribution in [2.75, 3.05) is 38.4 Å². The zero-order valence-corrected chi connectivity index (χ0v) is 21.3. The van der Waals surface area contributed by atoms with Gasteiger partial charge in [-0.2, -0.15) is 0 Å². The minimum absolute atomic E-state index is 0.163. The second-order valence-corrected chi connectivity index (χ2v) is 9.76. The van der Waals surface area contributed by atoms with Gasteiger partial charge in [-0.3, -0.25) is 13.9 Å². The molecule has 0 fully saturated rings. The van der Waals surface area contributed by atoms with Crippen LogP contribution in [0.15, 0.2) is 42.5 Å². The monoisotopic (exact) mass is 491 g/mol. The molecule has 2 rings (SSSR count). The van der Waals surface area contributed by atoms with Crippen LogP contribution in [0.5, 0.6) is 11.5 Å². The SMILES string of the molecule is CC[C@@H](C(=O)NC)N(Cc1cccc(C)c1)C(=O)CN(c1ccc(OC)c(OC)c1)S(C)(=O)=O. The lowest BCUT2D eigenvalue weighted by Gasteiger charge is -2.32. The van der Waals surface area contributed by atoms with Gasteiger partial charge in [0.25, 0.3) is 0 Å². The number of ether oxygens (including phenoxy) is 2.